The van der Waals surface area contributed by atoms with Gasteiger partial charge in [0.15, 0.2) is 0 Å². The van der Waals surface area contributed by atoms with E-state index in [0.29, 0.717) is 12.1 Å². The van der Waals surface area contributed by atoms with Crippen molar-refractivity contribution in [3.8, 4) is 0 Å². The summed E-state index contributed by atoms with van der Waals surface area (Å²) < 4.78 is 0. The fraction of sp³-hybridized carbons (Fsp3) is 0.909. The number of likely N-dealkylation sites (N-methyl/N-ethyl adjacent to an activating group) is 1. The van der Waals surface area contributed by atoms with E-state index < -0.39 is 5.97 Å². The van der Waals surface area contributed by atoms with Crippen molar-refractivity contribution in [3.63, 3.8) is 0 Å². The van der Waals surface area contributed by atoms with Crippen LogP contribution >= 0.6 is 0 Å². The molecular weight excluding hydrogens is 192 g/mol. The first-order valence-electron chi connectivity index (χ1n) is 5.66. The lowest BCUT2D eigenvalue weighted by Gasteiger charge is -2.40. The van der Waals surface area contributed by atoms with E-state index in [4.69, 9.17) is 5.11 Å². The van der Waals surface area contributed by atoms with Crippen LogP contribution in [0.3, 0.4) is 0 Å². The van der Waals surface area contributed by atoms with Gasteiger partial charge in [0, 0.05) is 38.1 Å². The summed E-state index contributed by atoms with van der Waals surface area (Å²) in [6.07, 6.45) is 1.04. The first-order valence-corrected chi connectivity index (χ1v) is 5.66. The van der Waals surface area contributed by atoms with Gasteiger partial charge in [-0.25, -0.2) is 0 Å². The van der Waals surface area contributed by atoms with Gasteiger partial charge in [0.2, 0.25) is 0 Å². The third kappa shape index (κ3) is 3.80. The number of piperazine rings is 1. The largest absolute Gasteiger partial charge is 0.481 e. The quantitative estimate of drug-likeness (QED) is 0.754. The highest BCUT2D eigenvalue weighted by atomic mass is 16.4. The molecular formula is C11H22N2O2. The molecule has 0 saturated carbocycles. The maximum absolute atomic E-state index is 10.5. The molecule has 15 heavy (non-hydrogen) atoms. The molecule has 1 rings (SSSR count). The van der Waals surface area contributed by atoms with Crippen LogP contribution in [0.1, 0.15) is 26.7 Å². The lowest BCUT2D eigenvalue weighted by molar-refractivity contribution is -0.137. The summed E-state index contributed by atoms with van der Waals surface area (Å²) in [5, 5.41) is 8.63. The maximum Gasteiger partial charge on any atom is 0.303 e. The van der Waals surface area contributed by atoms with Crippen molar-refractivity contribution in [2.75, 3.05) is 26.7 Å². The van der Waals surface area contributed by atoms with E-state index >= 15 is 0 Å². The van der Waals surface area contributed by atoms with E-state index in [1.165, 1.54) is 0 Å². The topological polar surface area (TPSA) is 43.8 Å². The maximum atomic E-state index is 10.5. The smallest absolute Gasteiger partial charge is 0.303 e. The van der Waals surface area contributed by atoms with Crippen LogP contribution in [0, 0.1) is 0 Å². The van der Waals surface area contributed by atoms with E-state index in [2.05, 4.69) is 30.7 Å². The van der Waals surface area contributed by atoms with Crippen molar-refractivity contribution in [1.29, 1.82) is 0 Å². The lowest BCUT2D eigenvalue weighted by Crippen LogP contribution is -2.52. The van der Waals surface area contributed by atoms with Crippen molar-refractivity contribution in [3.05, 3.63) is 0 Å². The number of carbonyl (C=O) groups is 1. The Bertz CT molecular complexity index is 221. The Morgan fingerprint density at radius 1 is 1.53 bits per heavy atom. The summed E-state index contributed by atoms with van der Waals surface area (Å²) in [6, 6.07) is 0.961. The van der Waals surface area contributed by atoms with Crippen molar-refractivity contribution in [2.24, 2.45) is 0 Å². The van der Waals surface area contributed by atoms with Crippen molar-refractivity contribution >= 4 is 5.97 Å². The molecule has 0 aliphatic carbocycles. The van der Waals surface area contributed by atoms with Crippen LogP contribution < -0.4 is 0 Å². The van der Waals surface area contributed by atoms with E-state index in [1.807, 2.05) is 0 Å². The second kappa shape index (κ2) is 5.47. The molecule has 1 aliphatic heterocycles. The second-order valence-electron chi connectivity index (χ2n) is 4.61. The molecule has 4 nitrogen and oxygen atoms in total. The molecule has 88 valence electrons. The minimum Gasteiger partial charge on any atom is -0.481 e. The first kappa shape index (κ1) is 12.5. The predicted molar refractivity (Wildman–Crippen MR) is 60.0 cm³/mol. The lowest BCUT2D eigenvalue weighted by atomic mass is 10.1. The molecule has 0 amide bonds. The minimum absolute atomic E-state index is 0.280. The molecule has 2 atom stereocenters. The molecule has 1 heterocycles. The fourth-order valence-electron chi connectivity index (χ4n) is 1.99. The third-order valence-corrected chi connectivity index (χ3v) is 3.39. The molecule has 0 radical (unpaired) electrons. The van der Waals surface area contributed by atoms with Gasteiger partial charge in [-0.1, -0.05) is 0 Å². The van der Waals surface area contributed by atoms with E-state index in [9.17, 15) is 4.79 Å². The van der Waals surface area contributed by atoms with Crippen LogP contribution in [0.15, 0.2) is 0 Å². The average Bonchev–Trinajstić information content (AvgIpc) is 2.18. The van der Waals surface area contributed by atoms with Gasteiger partial charge < -0.3 is 10.0 Å². The summed E-state index contributed by atoms with van der Waals surface area (Å²) in [6.45, 7) is 7.54. The van der Waals surface area contributed by atoms with E-state index in [0.717, 1.165) is 26.1 Å². The van der Waals surface area contributed by atoms with Gasteiger partial charge in [0.1, 0.15) is 0 Å². The summed E-state index contributed by atoms with van der Waals surface area (Å²) in [7, 11) is 2.14. The Balaban J connectivity index is 2.33. The molecule has 0 aromatic carbocycles. The van der Waals surface area contributed by atoms with Crippen molar-refractivity contribution in [1.82, 2.24) is 9.80 Å². The zero-order valence-corrected chi connectivity index (χ0v) is 9.94. The molecule has 1 N–H and O–H groups in total. The molecule has 0 bridgehead atoms. The highest BCUT2D eigenvalue weighted by Gasteiger charge is 2.24. The summed E-state index contributed by atoms with van der Waals surface area (Å²) in [4.78, 5) is 15.2. The molecule has 1 aliphatic rings. The van der Waals surface area contributed by atoms with Crippen LogP contribution in [0.2, 0.25) is 0 Å². The fourth-order valence-corrected chi connectivity index (χ4v) is 1.99. The number of hydrogen-bond acceptors (Lipinski definition) is 3. The minimum atomic E-state index is -0.691. The second-order valence-corrected chi connectivity index (χ2v) is 4.61. The predicted octanol–water partition coefficient (Wildman–Crippen LogP) is 0.876. The number of rotatable bonds is 4. The van der Waals surface area contributed by atoms with Gasteiger partial charge in [-0.2, -0.15) is 0 Å². The molecule has 4 heteroatoms. The van der Waals surface area contributed by atoms with Crippen molar-refractivity contribution in [2.45, 2.75) is 38.8 Å². The number of nitrogens with zero attached hydrogens (tertiary/aromatic N) is 2. The SMILES string of the molecule is CC1CN(C(C)CCC(=O)O)CCN1C. The van der Waals surface area contributed by atoms with E-state index in [-0.39, 0.29) is 6.42 Å². The highest BCUT2D eigenvalue weighted by molar-refractivity contribution is 5.66. The zero-order valence-electron chi connectivity index (χ0n) is 9.94. The number of hydrogen-bond donors (Lipinski definition) is 1. The Labute approximate surface area is 91.9 Å². The number of aliphatic carboxylic acids is 1. The van der Waals surface area contributed by atoms with Gasteiger partial charge >= 0.3 is 5.97 Å². The van der Waals surface area contributed by atoms with E-state index in [1.54, 1.807) is 0 Å². The molecule has 1 saturated heterocycles. The van der Waals surface area contributed by atoms with Crippen LogP contribution in [0.25, 0.3) is 0 Å². The van der Waals surface area contributed by atoms with Gasteiger partial charge in [-0.05, 0) is 27.3 Å². The number of carboxylic acid groups (broad SMARTS) is 1. The molecule has 1 fully saturated rings. The Hall–Kier alpha value is -0.610. The zero-order chi connectivity index (χ0) is 11.4. The van der Waals surface area contributed by atoms with Gasteiger partial charge in [-0.15, -0.1) is 0 Å². The molecule has 0 aromatic heterocycles. The van der Waals surface area contributed by atoms with Crippen molar-refractivity contribution < 1.29 is 9.90 Å². The van der Waals surface area contributed by atoms with Crippen LogP contribution in [0.4, 0.5) is 0 Å². The van der Waals surface area contributed by atoms with Gasteiger partial charge in [0.05, 0.1) is 0 Å². The molecule has 2 unspecified atom stereocenters. The molecule has 0 aromatic rings. The first-order chi connectivity index (χ1) is 7.00. The highest BCUT2D eigenvalue weighted by Crippen LogP contribution is 2.13. The Morgan fingerprint density at radius 2 is 2.20 bits per heavy atom. The average molecular weight is 214 g/mol. The summed E-state index contributed by atoms with van der Waals surface area (Å²) in [5.41, 5.74) is 0. The summed E-state index contributed by atoms with van der Waals surface area (Å²) >= 11 is 0. The normalized spacial score (nSPS) is 26.5. The van der Waals surface area contributed by atoms with Crippen LogP contribution in [-0.4, -0.2) is 59.6 Å². The Morgan fingerprint density at radius 3 is 2.73 bits per heavy atom. The van der Waals surface area contributed by atoms with Crippen LogP contribution in [-0.2, 0) is 4.79 Å². The third-order valence-electron chi connectivity index (χ3n) is 3.39. The standard InChI is InChI=1S/C11H22N2O2/c1-9(4-5-11(14)15)13-7-6-12(3)10(2)8-13/h9-10H,4-8H2,1-3H3,(H,14,15). The Kier molecular flexibility index (Phi) is 4.54. The summed E-state index contributed by atoms with van der Waals surface area (Å²) in [5.74, 6) is -0.691. The molecule has 0 spiro atoms. The monoisotopic (exact) mass is 214 g/mol. The van der Waals surface area contributed by atoms with Crippen LogP contribution in [0.5, 0.6) is 0 Å². The number of carboxylic acids is 1. The van der Waals surface area contributed by atoms with Gasteiger partial charge in [-0.3, -0.25) is 9.69 Å². The van der Waals surface area contributed by atoms with Gasteiger partial charge in [0.25, 0.3) is 0 Å².